The molecule has 0 aliphatic rings. The molecule has 2 aromatic heterocycles. The van der Waals surface area contributed by atoms with Crippen LogP contribution in [-0.2, 0) is 4.79 Å². The van der Waals surface area contributed by atoms with Gasteiger partial charge in [-0.1, -0.05) is 42.5 Å². The molecule has 0 spiro atoms. The van der Waals surface area contributed by atoms with Gasteiger partial charge in [0.1, 0.15) is 17.8 Å². The van der Waals surface area contributed by atoms with Crippen molar-refractivity contribution in [2.24, 2.45) is 0 Å². The molecular formula is C25H27N7O3. The SMILES string of the molecule is CC(Nc1ncnc2[nH]c(-c3ccc(C(=O)NCCNCC(=O)NO)cc3)cc12)c1ccccc1. The number of aromatic nitrogens is 3. The number of rotatable bonds is 10. The van der Waals surface area contributed by atoms with Gasteiger partial charge in [0.15, 0.2) is 0 Å². The second kappa shape index (κ2) is 11.2. The number of fused-ring (bicyclic) bond motifs is 1. The molecule has 0 aliphatic heterocycles. The summed E-state index contributed by atoms with van der Waals surface area (Å²) in [6, 6.07) is 19.5. The third-order valence-electron chi connectivity index (χ3n) is 5.53. The van der Waals surface area contributed by atoms with Crippen molar-refractivity contribution in [1.29, 1.82) is 0 Å². The molecule has 1 unspecified atom stereocenters. The van der Waals surface area contributed by atoms with Gasteiger partial charge in [-0.3, -0.25) is 14.8 Å². The Labute approximate surface area is 202 Å². The monoisotopic (exact) mass is 473 g/mol. The first-order valence-electron chi connectivity index (χ1n) is 11.2. The van der Waals surface area contributed by atoms with Crippen molar-refractivity contribution >= 4 is 28.7 Å². The molecule has 0 radical (unpaired) electrons. The topological polar surface area (TPSA) is 144 Å². The number of nitrogens with one attached hydrogen (secondary N) is 5. The minimum absolute atomic E-state index is 0.0294. The van der Waals surface area contributed by atoms with E-state index in [0.717, 1.165) is 33.7 Å². The zero-order valence-corrected chi connectivity index (χ0v) is 19.2. The molecule has 4 aromatic rings. The predicted molar refractivity (Wildman–Crippen MR) is 133 cm³/mol. The maximum absolute atomic E-state index is 12.4. The van der Waals surface area contributed by atoms with E-state index in [1.165, 1.54) is 11.8 Å². The number of nitrogens with zero attached hydrogens (tertiary/aromatic N) is 2. The minimum Gasteiger partial charge on any atom is -0.363 e. The average molecular weight is 474 g/mol. The molecule has 0 aliphatic carbocycles. The number of carbonyl (C=O) groups is 2. The van der Waals surface area contributed by atoms with Gasteiger partial charge in [-0.15, -0.1) is 0 Å². The van der Waals surface area contributed by atoms with Crippen LogP contribution < -0.4 is 21.4 Å². The third-order valence-corrected chi connectivity index (χ3v) is 5.53. The van der Waals surface area contributed by atoms with E-state index in [4.69, 9.17) is 5.21 Å². The van der Waals surface area contributed by atoms with Crippen molar-refractivity contribution in [1.82, 2.24) is 31.1 Å². The summed E-state index contributed by atoms with van der Waals surface area (Å²) in [5.41, 5.74) is 5.73. The van der Waals surface area contributed by atoms with Crippen LogP contribution in [0.4, 0.5) is 5.82 Å². The van der Waals surface area contributed by atoms with Gasteiger partial charge >= 0.3 is 0 Å². The number of hydroxylamine groups is 1. The van der Waals surface area contributed by atoms with Crippen molar-refractivity contribution in [3.05, 3.63) is 78.1 Å². The van der Waals surface area contributed by atoms with E-state index in [1.807, 2.05) is 36.4 Å². The molecule has 10 heteroatoms. The van der Waals surface area contributed by atoms with E-state index in [0.29, 0.717) is 18.7 Å². The first kappa shape index (κ1) is 23.9. The lowest BCUT2D eigenvalue weighted by atomic mass is 10.1. The van der Waals surface area contributed by atoms with Gasteiger partial charge in [-0.2, -0.15) is 0 Å². The molecule has 0 saturated heterocycles. The Hall–Kier alpha value is -4.28. The second-order valence-corrected chi connectivity index (χ2v) is 7.99. The van der Waals surface area contributed by atoms with E-state index >= 15 is 0 Å². The van der Waals surface area contributed by atoms with Gasteiger partial charge in [-0.25, -0.2) is 15.4 Å². The Morgan fingerprint density at radius 1 is 1.03 bits per heavy atom. The lowest BCUT2D eigenvalue weighted by Crippen LogP contribution is -2.37. The fourth-order valence-electron chi connectivity index (χ4n) is 3.65. The van der Waals surface area contributed by atoms with E-state index in [-0.39, 0.29) is 18.5 Å². The molecule has 2 amide bonds. The van der Waals surface area contributed by atoms with Crippen molar-refractivity contribution in [3.63, 3.8) is 0 Å². The standard InChI is InChI=1S/C25H27N7O3/c1-16(17-5-3-2-4-6-17)30-23-20-13-21(31-24(20)29-15-28-23)18-7-9-19(10-8-18)25(34)27-12-11-26-14-22(33)32-35/h2-10,13,15-16,26,35H,11-12,14H2,1H3,(H,27,34)(H,32,33)(H2,28,29,30,31). The Balaban J connectivity index is 1.41. The molecule has 10 nitrogen and oxygen atoms in total. The van der Waals surface area contributed by atoms with Gasteiger partial charge in [0.25, 0.3) is 11.8 Å². The first-order valence-corrected chi connectivity index (χ1v) is 11.2. The normalized spacial score (nSPS) is 11.7. The molecule has 4 rings (SSSR count). The molecule has 0 bridgehead atoms. The summed E-state index contributed by atoms with van der Waals surface area (Å²) in [6.45, 7) is 2.80. The molecule has 35 heavy (non-hydrogen) atoms. The van der Waals surface area contributed by atoms with Gasteiger partial charge in [0.05, 0.1) is 11.9 Å². The molecule has 1 atom stereocenters. The summed E-state index contributed by atoms with van der Waals surface area (Å²) >= 11 is 0. The van der Waals surface area contributed by atoms with Crippen LogP contribution >= 0.6 is 0 Å². The summed E-state index contributed by atoms with van der Waals surface area (Å²) in [5.74, 6) is -0.00716. The van der Waals surface area contributed by atoms with E-state index in [2.05, 4.69) is 50.0 Å². The maximum Gasteiger partial charge on any atom is 0.257 e. The highest BCUT2D eigenvalue weighted by molar-refractivity contribution is 5.95. The van der Waals surface area contributed by atoms with Gasteiger partial charge in [-0.05, 0) is 36.2 Å². The van der Waals surface area contributed by atoms with Crippen LogP contribution in [0.5, 0.6) is 0 Å². The second-order valence-electron chi connectivity index (χ2n) is 7.99. The number of carbonyl (C=O) groups excluding carboxylic acids is 2. The summed E-state index contributed by atoms with van der Waals surface area (Å²) < 4.78 is 0. The number of hydrogen-bond acceptors (Lipinski definition) is 7. The highest BCUT2D eigenvalue weighted by Gasteiger charge is 2.13. The highest BCUT2D eigenvalue weighted by Crippen LogP contribution is 2.29. The minimum atomic E-state index is -0.538. The number of anilines is 1. The van der Waals surface area contributed by atoms with Crippen molar-refractivity contribution in [2.75, 3.05) is 25.0 Å². The van der Waals surface area contributed by atoms with Crippen molar-refractivity contribution in [2.45, 2.75) is 13.0 Å². The Morgan fingerprint density at radius 3 is 2.54 bits per heavy atom. The molecule has 180 valence electrons. The molecule has 0 fully saturated rings. The molecule has 2 heterocycles. The largest absolute Gasteiger partial charge is 0.363 e. The number of amides is 2. The van der Waals surface area contributed by atoms with Gasteiger partial charge in [0, 0.05) is 30.4 Å². The number of benzene rings is 2. The maximum atomic E-state index is 12.4. The number of H-pyrrole nitrogens is 1. The molecule has 0 saturated carbocycles. The fraction of sp³-hybridized carbons (Fsp3) is 0.200. The quantitative estimate of drug-likeness (QED) is 0.118. The van der Waals surface area contributed by atoms with Crippen LogP contribution in [0, 0.1) is 0 Å². The van der Waals surface area contributed by atoms with Crippen LogP contribution in [0.2, 0.25) is 0 Å². The molecule has 2 aromatic carbocycles. The van der Waals surface area contributed by atoms with Gasteiger partial charge in [0.2, 0.25) is 0 Å². The Morgan fingerprint density at radius 2 is 1.80 bits per heavy atom. The zero-order chi connectivity index (χ0) is 24.6. The van der Waals surface area contributed by atoms with Crippen molar-refractivity contribution in [3.8, 4) is 11.3 Å². The summed E-state index contributed by atoms with van der Waals surface area (Å²) in [4.78, 5) is 35.4. The third kappa shape index (κ3) is 5.99. The zero-order valence-electron chi connectivity index (χ0n) is 19.2. The van der Waals surface area contributed by atoms with Crippen molar-refractivity contribution < 1.29 is 14.8 Å². The van der Waals surface area contributed by atoms with Crippen LogP contribution in [0.25, 0.3) is 22.3 Å². The van der Waals surface area contributed by atoms with E-state index < -0.39 is 5.91 Å². The number of hydrogen-bond donors (Lipinski definition) is 6. The lowest BCUT2D eigenvalue weighted by Gasteiger charge is -2.15. The summed E-state index contributed by atoms with van der Waals surface area (Å²) in [6.07, 6.45) is 1.53. The first-order chi connectivity index (χ1) is 17.0. The Bertz CT molecular complexity index is 1290. The fourth-order valence-corrected chi connectivity index (χ4v) is 3.65. The van der Waals surface area contributed by atoms with Crippen LogP contribution in [-0.4, -0.2) is 51.6 Å². The lowest BCUT2D eigenvalue weighted by molar-refractivity contribution is -0.128. The summed E-state index contributed by atoms with van der Waals surface area (Å²) in [5, 5.41) is 18.4. The average Bonchev–Trinajstić information content (AvgIpc) is 3.34. The molecular weight excluding hydrogens is 446 g/mol. The number of aromatic amines is 1. The Kier molecular flexibility index (Phi) is 7.66. The molecule has 6 N–H and O–H groups in total. The van der Waals surface area contributed by atoms with E-state index in [1.54, 1.807) is 12.1 Å². The van der Waals surface area contributed by atoms with Crippen LogP contribution in [0.1, 0.15) is 28.9 Å². The highest BCUT2D eigenvalue weighted by atomic mass is 16.5. The predicted octanol–water partition coefficient (Wildman–Crippen LogP) is 2.62. The smallest absolute Gasteiger partial charge is 0.257 e. The van der Waals surface area contributed by atoms with Crippen LogP contribution in [0.15, 0.2) is 67.0 Å². The van der Waals surface area contributed by atoms with E-state index in [9.17, 15) is 9.59 Å². The van der Waals surface area contributed by atoms with Crippen LogP contribution in [0.3, 0.4) is 0 Å². The summed E-state index contributed by atoms with van der Waals surface area (Å²) in [7, 11) is 0. The van der Waals surface area contributed by atoms with Gasteiger partial charge < -0.3 is 20.9 Å².